The molecule has 16 nitrogen and oxygen atoms in total. The fourth-order valence-corrected chi connectivity index (χ4v) is 10.0. The van der Waals surface area contributed by atoms with Gasteiger partial charge in [0.2, 0.25) is 0 Å². The van der Waals surface area contributed by atoms with Crippen LogP contribution in [-0.4, -0.2) is 105 Å². The van der Waals surface area contributed by atoms with E-state index in [4.69, 9.17) is 23.9 Å². The van der Waals surface area contributed by atoms with Gasteiger partial charge in [0.15, 0.2) is 0 Å². The van der Waals surface area contributed by atoms with Gasteiger partial charge >= 0.3 is 12.2 Å². The van der Waals surface area contributed by atoms with Crippen LogP contribution in [-0.2, 0) is 28.5 Å². The van der Waals surface area contributed by atoms with Gasteiger partial charge in [0.1, 0.15) is 41.8 Å². The fourth-order valence-electron chi connectivity index (χ4n) is 10.0. The van der Waals surface area contributed by atoms with Crippen molar-refractivity contribution in [2.75, 3.05) is 39.5 Å². The number of benzene rings is 4. The molecule has 0 bridgehead atoms. The third-order valence-electron chi connectivity index (χ3n) is 13.9. The topological polar surface area (TPSA) is 193 Å². The van der Waals surface area contributed by atoms with E-state index in [2.05, 4.69) is 37.4 Å². The Labute approximate surface area is 422 Å². The van der Waals surface area contributed by atoms with Crippen LogP contribution in [0.4, 0.5) is 14.0 Å². The van der Waals surface area contributed by atoms with E-state index in [9.17, 15) is 19.2 Å². The van der Waals surface area contributed by atoms with Crippen LogP contribution in [0.3, 0.4) is 0 Å². The molecule has 4 aliphatic heterocycles. The van der Waals surface area contributed by atoms with Crippen LogP contribution in [0.25, 0.3) is 22.5 Å². The van der Waals surface area contributed by atoms with Gasteiger partial charge in [-0.25, -0.2) is 23.9 Å². The molecule has 4 saturated heterocycles. The van der Waals surface area contributed by atoms with E-state index in [1.165, 1.54) is 6.07 Å². The summed E-state index contributed by atoms with van der Waals surface area (Å²) < 4.78 is 37.9. The van der Waals surface area contributed by atoms with Crippen LogP contribution >= 0.6 is 0 Å². The minimum Gasteiger partial charge on any atom is -0.446 e. The Morgan fingerprint density at radius 3 is 1.58 bits per heavy atom. The Morgan fingerprint density at radius 1 is 0.603 bits per heavy atom. The summed E-state index contributed by atoms with van der Waals surface area (Å²) in [5.41, 5.74) is 4.93. The molecule has 4 amide bonds. The van der Waals surface area contributed by atoms with E-state index in [-0.39, 0.29) is 30.1 Å². The molecule has 6 aromatic rings. The summed E-state index contributed by atoms with van der Waals surface area (Å²) in [6, 6.07) is 28.1. The summed E-state index contributed by atoms with van der Waals surface area (Å²) in [6.45, 7) is 3.06. The summed E-state index contributed by atoms with van der Waals surface area (Å²) in [6.07, 6.45) is 6.76. The predicted molar refractivity (Wildman–Crippen MR) is 267 cm³/mol. The van der Waals surface area contributed by atoms with Crippen LogP contribution in [0.2, 0.25) is 0 Å². The Bertz CT molecular complexity index is 2940. The molecule has 17 heteroatoms. The van der Waals surface area contributed by atoms with Crippen molar-refractivity contribution in [2.24, 2.45) is 0 Å². The second kappa shape index (κ2) is 22.7. The van der Waals surface area contributed by atoms with E-state index in [1.807, 2.05) is 72.8 Å². The van der Waals surface area contributed by atoms with Gasteiger partial charge in [-0.1, -0.05) is 84.6 Å². The first-order chi connectivity index (χ1) is 35.7. The van der Waals surface area contributed by atoms with Crippen LogP contribution in [0.15, 0.2) is 116 Å². The number of rotatable bonds is 12. The fraction of sp³-hybridized carbons (Fsp3) is 0.357. The van der Waals surface area contributed by atoms with E-state index in [0.29, 0.717) is 118 Å². The second-order valence-corrected chi connectivity index (χ2v) is 18.7. The van der Waals surface area contributed by atoms with Crippen molar-refractivity contribution in [1.82, 2.24) is 40.4 Å². The number of hydrogen-bond acceptors (Lipinski definition) is 10. The monoisotopic (exact) mass is 988 g/mol. The van der Waals surface area contributed by atoms with Crippen molar-refractivity contribution in [3.63, 3.8) is 0 Å². The Kier molecular flexibility index (Phi) is 15.2. The van der Waals surface area contributed by atoms with Crippen LogP contribution in [0.1, 0.15) is 109 Å². The van der Waals surface area contributed by atoms with Crippen LogP contribution in [0.5, 0.6) is 0 Å². The van der Waals surface area contributed by atoms with Gasteiger partial charge in [-0.05, 0) is 72.7 Å². The number of halogens is 1. The summed E-state index contributed by atoms with van der Waals surface area (Å²) in [4.78, 5) is 74.2. The number of hydrogen-bond donors (Lipinski definition) is 4. The highest BCUT2D eigenvalue weighted by Crippen LogP contribution is 2.36. The van der Waals surface area contributed by atoms with Crippen molar-refractivity contribution in [3.8, 4) is 34.4 Å². The van der Waals surface area contributed by atoms with Gasteiger partial charge in [0, 0.05) is 55.5 Å². The molecule has 10 rings (SSSR count). The number of aromatic nitrogens is 4. The number of nitrogens with zero attached hydrogens (tertiary/aromatic N) is 4. The predicted octanol–water partition coefficient (Wildman–Crippen LogP) is 8.63. The average molecular weight is 989 g/mol. The highest BCUT2D eigenvalue weighted by atomic mass is 19.1. The molecule has 4 aromatic carbocycles. The lowest BCUT2D eigenvalue weighted by atomic mass is 10.0. The molecule has 4 fully saturated rings. The first kappa shape index (κ1) is 48.8. The molecule has 4 N–H and O–H groups in total. The second-order valence-electron chi connectivity index (χ2n) is 18.7. The molecule has 0 unspecified atom stereocenters. The Hall–Kier alpha value is -7.81. The number of aromatic amines is 2. The van der Waals surface area contributed by atoms with Crippen molar-refractivity contribution < 1.29 is 42.5 Å². The number of carbonyl (C=O) groups is 4. The molecule has 0 aliphatic carbocycles. The highest BCUT2D eigenvalue weighted by molar-refractivity contribution is 5.88. The molecule has 73 heavy (non-hydrogen) atoms. The third-order valence-corrected chi connectivity index (χ3v) is 13.9. The summed E-state index contributed by atoms with van der Waals surface area (Å²) >= 11 is 0. The molecule has 0 radical (unpaired) electrons. The lowest BCUT2D eigenvalue weighted by Gasteiger charge is -2.29. The third kappa shape index (κ3) is 11.6. The van der Waals surface area contributed by atoms with Gasteiger partial charge in [-0.3, -0.25) is 9.59 Å². The van der Waals surface area contributed by atoms with Crippen molar-refractivity contribution in [2.45, 2.75) is 87.7 Å². The van der Waals surface area contributed by atoms with E-state index >= 15 is 4.39 Å². The van der Waals surface area contributed by atoms with E-state index in [1.54, 1.807) is 46.5 Å². The molecule has 4 atom stereocenters. The lowest BCUT2D eigenvalue weighted by Crippen LogP contribution is -2.44. The molecule has 0 saturated carbocycles. The lowest BCUT2D eigenvalue weighted by molar-refractivity contribution is -0.135. The maximum Gasteiger partial charge on any atom is 0.408 e. The summed E-state index contributed by atoms with van der Waals surface area (Å²) in [5.74, 6) is 6.39. The molecular formula is C56H57FN8O8. The highest BCUT2D eigenvalue weighted by Gasteiger charge is 2.39. The van der Waals surface area contributed by atoms with E-state index < -0.39 is 36.1 Å². The molecule has 4 aliphatic rings. The zero-order valence-corrected chi connectivity index (χ0v) is 40.3. The maximum atomic E-state index is 15.8. The molecule has 2 aromatic heterocycles. The first-order valence-corrected chi connectivity index (χ1v) is 25.1. The Morgan fingerprint density at radius 2 is 1.07 bits per heavy atom. The number of carbonyl (C=O) groups excluding carboxylic acids is 4. The molecule has 376 valence electrons. The van der Waals surface area contributed by atoms with E-state index in [0.717, 1.165) is 29.7 Å². The van der Waals surface area contributed by atoms with Crippen LogP contribution in [0, 0.1) is 17.7 Å². The minimum atomic E-state index is -0.974. The number of likely N-dealkylation sites (tertiary alicyclic amines) is 2. The number of alkyl carbamates (subject to hydrolysis) is 2. The van der Waals surface area contributed by atoms with Gasteiger partial charge in [0.25, 0.3) is 11.8 Å². The average Bonchev–Trinajstić information content (AvgIpc) is 4.28. The standard InChI is InChI=1S/C56H57FN8O8/c57-44-33-37(19-22-43(44)46-35-59-52(61-46)48-14-8-28-65(48)54(67)50(40-11-5-2-6-12-40)63-56(69)73-42-25-31-71-32-26-42)16-15-36-17-20-38(21-18-36)45-34-58-51(60-45)47-13-7-27-64(47)53(66)49(39-9-3-1-4-10-39)62-55(68)72-41-23-29-70-30-24-41/h1-6,9-12,17-22,33-35,41-42,47-50H,7-8,13-14,23-32H2,(H,58,60)(H,59,61)(H,62,68)(H,63,69)/t47-,48-,49+,50+/m0/s1. The molecule has 6 heterocycles. The Balaban J connectivity index is 0.771. The largest absolute Gasteiger partial charge is 0.446 e. The minimum absolute atomic E-state index is 0.236. The maximum absolute atomic E-state index is 15.8. The zero-order valence-electron chi connectivity index (χ0n) is 40.3. The number of imidazole rings is 2. The van der Waals surface area contributed by atoms with Gasteiger partial charge in [-0.15, -0.1) is 0 Å². The first-order valence-electron chi connectivity index (χ1n) is 25.1. The van der Waals surface area contributed by atoms with Gasteiger partial charge in [-0.2, -0.15) is 0 Å². The molecular weight excluding hydrogens is 932 g/mol. The van der Waals surface area contributed by atoms with Crippen LogP contribution < -0.4 is 10.6 Å². The number of H-pyrrole nitrogens is 2. The SMILES string of the molecule is O=C(N[C@@H](C(=O)N1CCC[C@H]1c1ncc(-c2ccc(C#Cc3ccc(-c4cnc([C@@H]5CCCN5C(=O)[C@H](NC(=O)OC5CCOCC5)c5ccccc5)[nH]4)c(F)c3)cc2)[nH]1)c1ccccc1)OC1CCOCC1. The normalized spacial score (nSPS) is 19.1. The number of nitrogens with one attached hydrogen (secondary N) is 4. The van der Waals surface area contributed by atoms with Crippen molar-refractivity contribution in [3.05, 3.63) is 155 Å². The number of amides is 4. The van der Waals surface area contributed by atoms with Gasteiger partial charge in [0.05, 0.1) is 62.3 Å². The smallest absolute Gasteiger partial charge is 0.408 e. The van der Waals surface area contributed by atoms with Gasteiger partial charge < -0.3 is 49.3 Å². The number of ether oxygens (including phenoxy) is 4. The zero-order chi connectivity index (χ0) is 50.1. The van der Waals surface area contributed by atoms with Crippen molar-refractivity contribution >= 4 is 24.0 Å². The summed E-state index contributed by atoms with van der Waals surface area (Å²) in [7, 11) is 0. The quantitative estimate of drug-likeness (QED) is 0.0863. The molecule has 0 spiro atoms. The van der Waals surface area contributed by atoms with Crippen molar-refractivity contribution in [1.29, 1.82) is 0 Å². The summed E-state index contributed by atoms with van der Waals surface area (Å²) in [5, 5.41) is 5.67.